The Morgan fingerprint density at radius 1 is 1.27 bits per heavy atom. The van der Waals surface area contributed by atoms with Crippen LogP contribution in [-0.2, 0) is 13.0 Å². The van der Waals surface area contributed by atoms with Crippen LogP contribution in [-0.4, -0.2) is 10.1 Å². The molecule has 1 N–H and O–H groups in total. The van der Waals surface area contributed by atoms with Gasteiger partial charge in [0.2, 0.25) is 0 Å². The molecule has 0 aliphatic rings. The molecular weight excluding hydrogens is 210 g/mol. The first-order valence-electron chi connectivity index (χ1n) is 5.37. The van der Waals surface area contributed by atoms with Gasteiger partial charge in [0.05, 0.1) is 6.61 Å². The average Bonchev–Trinajstić information content (AvgIpc) is 2.23. The van der Waals surface area contributed by atoms with E-state index in [0.29, 0.717) is 5.15 Å². The number of rotatable bonds is 4. The van der Waals surface area contributed by atoms with Crippen molar-refractivity contribution in [1.82, 2.24) is 4.98 Å². The van der Waals surface area contributed by atoms with E-state index in [0.717, 1.165) is 41.6 Å². The Hall–Kier alpha value is -0.600. The normalized spacial score (nSPS) is 10.7. The second-order valence-electron chi connectivity index (χ2n) is 3.84. The Kier molecular flexibility index (Phi) is 4.55. The highest BCUT2D eigenvalue weighted by Gasteiger charge is 2.11. The molecule has 1 aromatic heterocycles. The fraction of sp³-hybridized carbons (Fsp3) is 0.583. The molecular formula is C12H18ClNO. The lowest BCUT2D eigenvalue weighted by Gasteiger charge is -2.13. The first-order valence-corrected chi connectivity index (χ1v) is 5.74. The molecule has 1 aromatic rings. The summed E-state index contributed by atoms with van der Waals surface area (Å²) in [6.45, 7) is 6.12. The van der Waals surface area contributed by atoms with Crippen LogP contribution in [0.3, 0.4) is 0 Å². The van der Waals surface area contributed by atoms with Gasteiger partial charge in [-0.15, -0.1) is 0 Å². The molecule has 0 radical (unpaired) electrons. The zero-order valence-electron chi connectivity index (χ0n) is 9.60. The van der Waals surface area contributed by atoms with Gasteiger partial charge < -0.3 is 5.11 Å². The summed E-state index contributed by atoms with van der Waals surface area (Å²) in [5, 5.41) is 9.90. The van der Waals surface area contributed by atoms with Gasteiger partial charge in [-0.05, 0) is 37.8 Å². The molecule has 0 bridgehead atoms. The first-order chi connectivity index (χ1) is 7.11. The van der Waals surface area contributed by atoms with Crippen molar-refractivity contribution in [3.8, 4) is 0 Å². The number of unbranched alkanes of at least 4 members (excludes halogenated alkanes) is 1. The Labute approximate surface area is 96.3 Å². The van der Waals surface area contributed by atoms with Gasteiger partial charge in [0, 0.05) is 11.3 Å². The monoisotopic (exact) mass is 227 g/mol. The summed E-state index contributed by atoms with van der Waals surface area (Å²) < 4.78 is 0. The van der Waals surface area contributed by atoms with Crippen molar-refractivity contribution in [1.29, 1.82) is 0 Å². The molecule has 0 aliphatic heterocycles. The van der Waals surface area contributed by atoms with Gasteiger partial charge in [0.25, 0.3) is 0 Å². The molecule has 1 rings (SSSR count). The van der Waals surface area contributed by atoms with Gasteiger partial charge in [-0.1, -0.05) is 24.9 Å². The molecule has 0 aliphatic carbocycles. The number of pyridine rings is 1. The Morgan fingerprint density at radius 2 is 1.93 bits per heavy atom. The Morgan fingerprint density at radius 3 is 2.47 bits per heavy atom. The molecule has 0 fully saturated rings. The highest BCUT2D eigenvalue weighted by Crippen LogP contribution is 2.23. The van der Waals surface area contributed by atoms with E-state index in [1.165, 1.54) is 0 Å². The molecule has 1 heterocycles. The van der Waals surface area contributed by atoms with Gasteiger partial charge in [0.1, 0.15) is 5.15 Å². The molecule has 15 heavy (non-hydrogen) atoms. The smallest absolute Gasteiger partial charge is 0.132 e. The second kappa shape index (κ2) is 5.47. The largest absolute Gasteiger partial charge is 0.392 e. The maximum Gasteiger partial charge on any atom is 0.132 e. The van der Waals surface area contributed by atoms with E-state index in [-0.39, 0.29) is 6.61 Å². The van der Waals surface area contributed by atoms with Gasteiger partial charge in [0.15, 0.2) is 0 Å². The summed E-state index contributed by atoms with van der Waals surface area (Å²) in [6.07, 6.45) is 3.10. The summed E-state index contributed by atoms with van der Waals surface area (Å²) >= 11 is 6.03. The van der Waals surface area contributed by atoms with Crippen molar-refractivity contribution in [2.45, 2.75) is 46.6 Å². The molecule has 2 nitrogen and oxygen atoms in total. The SMILES string of the molecule is CCCCc1nc(Cl)c(C)c(C)c1CO. The van der Waals surface area contributed by atoms with Crippen molar-refractivity contribution in [3.63, 3.8) is 0 Å². The van der Waals surface area contributed by atoms with Crippen LogP contribution in [0.15, 0.2) is 0 Å². The lowest BCUT2D eigenvalue weighted by molar-refractivity contribution is 0.279. The molecule has 84 valence electrons. The van der Waals surface area contributed by atoms with Crippen molar-refractivity contribution in [2.24, 2.45) is 0 Å². The summed E-state index contributed by atoms with van der Waals surface area (Å²) in [5.41, 5.74) is 3.95. The molecule has 0 saturated heterocycles. The highest BCUT2D eigenvalue weighted by atomic mass is 35.5. The number of hydrogen-bond acceptors (Lipinski definition) is 2. The van der Waals surface area contributed by atoms with E-state index in [1.807, 2.05) is 13.8 Å². The van der Waals surface area contributed by atoms with E-state index < -0.39 is 0 Å². The summed E-state index contributed by atoms with van der Waals surface area (Å²) in [4.78, 5) is 4.35. The zero-order valence-corrected chi connectivity index (χ0v) is 10.4. The topological polar surface area (TPSA) is 33.1 Å². The Balaban J connectivity index is 3.13. The summed E-state index contributed by atoms with van der Waals surface area (Å²) in [5.74, 6) is 0. The highest BCUT2D eigenvalue weighted by molar-refractivity contribution is 6.30. The molecule has 0 unspecified atom stereocenters. The van der Waals surface area contributed by atoms with Gasteiger partial charge in [-0.3, -0.25) is 0 Å². The van der Waals surface area contributed by atoms with Gasteiger partial charge in [-0.25, -0.2) is 4.98 Å². The van der Waals surface area contributed by atoms with Crippen molar-refractivity contribution >= 4 is 11.6 Å². The molecule has 0 saturated carbocycles. The maximum absolute atomic E-state index is 9.33. The van der Waals surface area contributed by atoms with Crippen LogP contribution in [0.2, 0.25) is 5.15 Å². The number of aromatic nitrogens is 1. The fourth-order valence-electron chi connectivity index (χ4n) is 1.63. The Bertz CT molecular complexity index is 350. The van der Waals surface area contributed by atoms with Crippen LogP contribution >= 0.6 is 11.6 Å². The van der Waals surface area contributed by atoms with E-state index in [1.54, 1.807) is 0 Å². The summed E-state index contributed by atoms with van der Waals surface area (Å²) in [7, 11) is 0. The zero-order chi connectivity index (χ0) is 11.4. The number of aliphatic hydroxyl groups is 1. The minimum Gasteiger partial charge on any atom is -0.392 e. The van der Waals surface area contributed by atoms with Gasteiger partial charge in [-0.2, -0.15) is 0 Å². The second-order valence-corrected chi connectivity index (χ2v) is 4.20. The number of aryl methyl sites for hydroxylation is 1. The predicted octanol–water partition coefficient (Wildman–Crippen LogP) is 3.19. The van der Waals surface area contributed by atoms with Crippen LogP contribution in [0.1, 0.15) is 42.1 Å². The third-order valence-corrected chi connectivity index (χ3v) is 3.20. The van der Waals surface area contributed by atoms with Crippen LogP contribution in [0.5, 0.6) is 0 Å². The number of halogens is 1. The van der Waals surface area contributed by atoms with E-state index >= 15 is 0 Å². The quantitative estimate of drug-likeness (QED) is 0.802. The lowest BCUT2D eigenvalue weighted by atomic mass is 10.0. The predicted molar refractivity (Wildman–Crippen MR) is 63.3 cm³/mol. The minimum absolute atomic E-state index is 0.0515. The van der Waals surface area contributed by atoms with Crippen molar-refractivity contribution in [2.75, 3.05) is 0 Å². The molecule has 0 amide bonds. The molecule has 0 spiro atoms. The average molecular weight is 228 g/mol. The van der Waals surface area contributed by atoms with Crippen molar-refractivity contribution < 1.29 is 5.11 Å². The third kappa shape index (κ3) is 2.70. The first kappa shape index (κ1) is 12.5. The van der Waals surface area contributed by atoms with E-state index in [4.69, 9.17) is 11.6 Å². The fourth-order valence-corrected chi connectivity index (χ4v) is 1.87. The van der Waals surface area contributed by atoms with E-state index in [9.17, 15) is 5.11 Å². The molecule has 0 aromatic carbocycles. The number of nitrogens with zero attached hydrogens (tertiary/aromatic N) is 1. The number of aliphatic hydroxyl groups excluding tert-OH is 1. The van der Waals surface area contributed by atoms with Crippen LogP contribution in [0, 0.1) is 13.8 Å². The van der Waals surface area contributed by atoms with E-state index in [2.05, 4.69) is 11.9 Å². The lowest BCUT2D eigenvalue weighted by Crippen LogP contribution is -2.04. The van der Waals surface area contributed by atoms with Crippen LogP contribution < -0.4 is 0 Å². The molecule has 0 atom stereocenters. The molecule has 3 heteroatoms. The van der Waals surface area contributed by atoms with Crippen LogP contribution in [0.25, 0.3) is 0 Å². The third-order valence-electron chi connectivity index (χ3n) is 2.83. The maximum atomic E-state index is 9.33. The summed E-state index contributed by atoms with van der Waals surface area (Å²) in [6, 6.07) is 0. The number of hydrogen-bond donors (Lipinski definition) is 1. The minimum atomic E-state index is 0.0515. The van der Waals surface area contributed by atoms with Crippen LogP contribution in [0.4, 0.5) is 0 Å². The van der Waals surface area contributed by atoms with Gasteiger partial charge >= 0.3 is 0 Å². The van der Waals surface area contributed by atoms with Crippen molar-refractivity contribution in [3.05, 3.63) is 27.5 Å². The standard InChI is InChI=1S/C12H18ClNO/c1-4-5-6-11-10(7-15)8(2)9(3)12(13)14-11/h15H,4-7H2,1-3H3.